The van der Waals surface area contributed by atoms with Crippen LogP contribution >= 0.6 is 11.3 Å². The first-order valence-corrected chi connectivity index (χ1v) is 6.99. The maximum atomic E-state index is 12.3. The van der Waals surface area contributed by atoms with Crippen molar-refractivity contribution >= 4 is 23.2 Å². The fraction of sp³-hybridized carbons (Fsp3) is 0.538. The molecule has 1 fully saturated rings. The molecule has 5 heteroatoms. The first-order valence-electron chi connectivity index (χ1n) is 6.17. The number of nitrogens with zero attached hydrogens (tertiary/aromatic N) is 1. The van der Waals surface area contributed by atoms with Crippen molar-refractivity contribution in [3.63, 3.8) is 0 Å². The number of hydrogen-bond acceptors (Lipinski definition) is 3. The molecule has 0 saturated carbocycles. The van der Waals surface area contributed by atoms with Gasteiger partial charge in [0.2, 0.25) is 0 Å². The molecule has 98 valence electrons. The summed E-state index contributed by atoms with van der Waals surface area (Å²) in [5, 5.41) is 9.09. The number of carbonyl (C=O) groups excluding carboxylic acids is 1. The van der Waals surface area contributed by atoms with E-state index in [4.69, 9.17) is 5.11 Å². The van der Waals surface area contributed by atoms with Crippen molar-refractivity contribution < 1.29 is 14.7 Å². The predicted molar refractivity (Wildman–Crippen MR) is 70.1 cm³/mol. The Kier molecular flexibility index (Phi) is 3.71. The molecule has 4 nitrogen and oxygen atoms in total. The summed E-state index contributed by atoms with van der Waals surface area (Å²) in [5.74, 6) is -1.03. The number of rotatable bonds is 3. The van der Waals surface area contributed by atoms with Gasteiger partial charge in [-0.1, -0.05) is 6.92 Å². The van der Waals surface area contributed by atoms with Crippen molar-refractivity contribution in [1.82, 2.24) is 4.90 Å². The molecule has 0 aliphatic carbocycles. The highest BCUT2D eigenvalue weighted by Gasteiger charge is 2.35. The van der Waals surface area contributed by atoms with Gasteiger partial charge in [-0.25, -0.2) is 4.79 Å². The second-order valence-corrected chi connectivity index (χ2v) is 5.70. The molecule has 1 aromatic heterocycles. The van der Waals surface area contributed by atoms with Gasteiger partial charge in [0.05, 0.1) is 4.88 Å². The van der Waals surface area contributed by atoms with E-state index in [1.54, 1.807) is 0 Å². The smallest absolute Gasteiger partial charge is 0.326 e. The van der Waals surface area contributed by atoms with Crippen LogP contribution in [-0.4, -0.2) is 34.5 Å². The SMILES string of the molecule is CCc1sc(C(=O)N2CCCC2C(=O)O)cc1C. The van der Waals surface area contributed by atoms with Gasteiger partial charge in [0.25, 0.3) is 5.91 Å². The Morgan fingerprint density at radius 2 is 2.28 bits per heavy atom. The van der Waals surface area contributed by atoms with Gasteiger partial charge in [-0.2, -0.15) is 0 Å². The van der Waals surface area contributed by atoms with Gasteiger partial charge in [0.15, 0.2) is 0 Å². The van der Waals surface area contributed by atoms with Crippen LogP contribution in [0.1, 0.15) is 39.9 Å². The lowest BCUT2D eigenvalue weighted by atomic mass is 10.2. The second kappa shape index (κ2) is 5.10. The number of carboxylic acid groups (broad SMARTS) is 1. The molecule has 2 rings (SSSR count). The normalized spacial score (nSPS) is 19.2. The Labute approximate surface area is 110 Å². The number of hydrogen-bond donors (Lipinski definition) is 1. The first kappa shape index (κ1) is 13.1. The molecule has 1 amide bonds. The van der Waals surface area contributed by atoms with E-state index >= 15 is 0 Å². The summed E-state index contributed by atoms with van der Waals surface area (Å²) in [6.45, 7) is 4.60. The molecule has 1 aliphatic rings. The highest BCUT2D eigenvalue weighted by Crippen LogP contribution is 2.27. The molecule has 2 heterocycles. The monoisotopic (exact) mass is 267 g/mol. The van der Waals surface area contributed by atoms with Crippen LogP contribution in [0, 0.1) is 6.92 Å². The highest BCUT2D eigenvalue weighted by atomic mass is 32.1. The third-order valence-corrected chi connectivity index (χ3v) is 4.72. The second-order valence-electron chi connectivity index (χ2n) is 4.57. The lowest BCUT2D eigenvalue weighted by molar-refractivity contribution is -0.141. The Balaban J connectivity index is 2.22. The zero-order valence-electron chi connectivity index (χ0n) is 10.6. The number of likely N-dealkylation sites (tertiary alicyclic amines) is 1. The summed E-state index contributed by atoms with van der Waals surface area (Å²) in [7, 11) is 0. The van der Waals surface area contributed by atoms with Gasteiger partial charge in [0, 0.05) is 11.4 Å². The standard InChI is InChI=1S/C13H17NO3S/c1-3-10-8(2)7-11(18-10)12(15)14-6-4-5-9(14)13(16)17/h7,9H,3-6H2,1-2H3,(H,16,17). The summed E-state index contributed by atoms with van der Waals surface area (Å²) >= 11 is 1.48. The number of aryl methyl sites for hydroxylation is 2. The third-order valence-electron chi connectivity index (χ3n) is 3.35. The van der Waals surface area contributed by atoms with Gasteiger partial charge in [0.1, 0.15) is 6.04 Å². The largest absolute Gasteiger partial charge is 0.480 e. The van der Waals surface area contributed by atoms with Gasteiger partial charge in [-0.15, -0.1) is 11.3 Å². The molecule has 1 aromatic rings. The minimum absolute atomic E-state index is 0.132. The summed E-state index contributed by atoms with van der Waals surface area (Å²) in [6, 6.07) is 1.23. The first-order chi connectivity index (χ1) is 8.54. The molecule has 0 aromatic carbocycles. The maximum absolute atomic E-state index is 12.3. The van der Waals surface area contributed by atoms with E-state index < -0.39 is 12.0 Å². The molecule has 0 radical (unpaired) electrons. The minimum atomic E-state index is -0.898. The Morgan fingerprint density at radius 1 is 1.56 bits per heavy atom. The zero-order valence-corrected chi connectivity index (χ0v) is 11.4. The number of aliphatic carboxylic acids is 1. The van der Waals surface area contributed by atoms with Gasteiger partial charge < -0.3 is 10.0 Å². The molecule has 1 unspecified atom stereocenters. The summed E-state index contributed by atoms with van der Waals surface area (Å²) in [5.41, 5.74) is 1.12. The van der Waals surface area contributed by atoms with Crippen molar-refractivity contribution in [3.05, 3.63) is 21.4 Å². The van der Waals surface area contributed by atoms with Gasteiger partial charge in [-0.05, 0) is 37.8 Å². The Bertz CT molecular complexity index is 481. The van der Waals surface area contributed by atoms with Crippen LogP contribution in [0.15, 0.2) is 6.07 Å². The Hall–Kier alpha value is -1.36. The van der Waals surface area contributed by atoms with E-state index in [9.17, 15) is 9.59 Å². The topological polar surface area (TPSA) is 57.6 Å². The predicted octanol–water partition coefficient (Wildman–Crippen LogP) is 2.31. The molecule has 1 aliphatic heterocycles. The van der Waals surface area contributed by atoms with E-state index in [0.29, 0.717) is 17.8 Å². The molecule has 1 saturated heterocycles. The molecular weight excluding hydrogens is 250 g/mol. The fourth-order valence-electron chi connectivity index (χ4n) is 2.38. The highest BCUT2D eigenvalue weighted by molar-refractivity contribution is 7.14. The third kappa shape index (κ3) is 2.27. The number of carboxylic acids is 1. The van der Waals surface area contributed by atoms with E-state index in [2.05, 4.69) is 6.92 Å². The van der Waals surface area contributed by atoms with E-state index in [1.165, 1.54) is 21.1 Å². The zero-order chi connectivity index (χ0) is 13.3. The molecule has 1 atom stereocenters. The van der Waals surface area contributed by atoms with Crippen LogP contribution in [0.2, 0.25) is 0 Å². The van der Waals surface area contributed by atoms with Crippen LogP contribution in [0.5, 0.6) is 0 Å². The van der Waals surface area contributed by atoms with Crippen LogP contribution in [0.25, 0.3) is 0 Å². The molecule has 0 spiro atoms. The Morgan fingerprint density at radius 3 is 2.83 bits per heavy atom. The fourth-order valence-corrected chi connectivity index (χ4v) is 3.45. The molecular formula is C13H17NO3S. The van der Waals surface area contributed by atoms with E-state index in [0.717, 1.165) is 18.4 Å². The average Bonchev–Trinajstić information content (AvgIpc) is 2.93. The van der Waals surface area contributed by atoms with Gasteiger partial charge in [-0.3, -0.25) is 4.79 Å². The van der Waals surface area contributed by atoms with Crippen molar-refractivity contribution in [2.75, 3.05) is 6.54 Å². The number of carbonyl (C=O) groups is 2. The van der Waals surface area contributed by atoms with Crippen LogP contribution in [0.3, 0.4) is 0 Å². The number of amides is 1. The molecule has 0 bridgehead atoms. The van der Waals surface area contributed by atoms with Crippen molar-refractivity contribution in [2.45, 2.75) is 39.2 Å². The lowest BCUT2D eigenvalue weighted by Gasteiger charge is -2.20. The molecule has 1 N–H and O–H groups in total. The van der Waals surface area contributed by atoms with Crippen LogP contribution in [-0.2, 0) is 11.2 Å². The van der Waals surface area contributed by atoms with Crippen molar-refractivity contribution in [2.24, 2.45) is 0 Å². The summed E-state index contributed by atoms with van der Waals surface area (Å²) in [6.07, 6.45) is 2.24. The van der Waals surface area contributed by atoms with E-state index in [-0.39, 0.29) is 5.91 Å². The molecule has 18 heavy (non-hydrogen) atoms. The van der Waals surface area contributed by atoms with Crippen molar-refractivity contribution in [1.29, 1.82) is 0 Å². The van der Waals surface area contributed by atoms with Gasteiger partial charge >= 0.3 is 5.97 Å². The minimum Gasteiger partial charge on any atom is -0.480 e. The summed E-state index contributed by atoms with van der Waals surface area (Å²) in [4.78, 5) is 26.8. The average molecular weight is 267 g/mol. The summed E-state index contributed by atoms with van der Waals surface area (Å²) < 4.78 is 0. The maximum Gasteiger partial charge on any atom is 0.326 e. The quantitative estimate of drug-likeness (QED) is 0.914. The number of thiophene rings is 1. The van der Waals surface area contributed by atoms with E-state index in [1.807, 2.05) is 13.0 Å². The lowest BCUT2D eigenvalue weighted by Crippen LogP contribution is -2.40. The van der Waals surface area contributed by atoms with Crippen LogP contribution in [0.4, 0.5) is 0 Å². The van der Waals surface area contributed by atoms with Crippen LogP contribution < -0.4 is 0 Å². The van der Waals surface area contributed by atoms with Crippen molar-refractivity contribution in [3.8, 4) is 0 Å².